The number of hydrogen-bond acceptors (Lipinski definition) is 5. The summed E-state index contributed by atoms with van der Waals surface area (Å²) in [6.45, 7) is 6.63. The van der Waals surface area contributed by atoms with Crippen molar-refractivity contribution in [3.8, 4) is 0 Å². The first-order chi connectivity index (χ1) is 19.3. The van der Waals surface area contributed by atoms with Crippen LogP contribution in [0.15, 0.2) is 60.9 Å². The van der Waals surface area contributed by atoms with Gasteiger partial charge in [-0.05, 0) is 54.0 Å². The summed E-state index contributed by atoms with van der Waals surface area (Å²) in [6.07, 6.45) is 10.8. The van der Waals surface area contributed by atoms with Gasteiger partial charge in [-0.1, -0.05) is 64.0 Å². The second-order valence-corrected chi connectivity index (χ2v) is 12.2. The van der Waals surface area contributed by atoms with E-state index in [0.29, 0.717) is 17.5 Å². The fourth-order valence-corrected chi connectivity index (χ4v) is 7.10. The maximum absolute atomic E-state index is 14.2. The standard InChI is InChI=1S/C32H38N4O4/c1-19(2)22-10-12-23(13-11-22)34-29(37)26-25-14-15-32(40-25)27(26)31(39)36(18-21-8-6-16-33-17-21)28(32)30(38)35-24-9-5-4-7-20(24)3/h6,8,10-17,19-20,24-28H,4-5,7,9,18H2,1-3H3,(H,34,37)(H,35,38)/t20-,24+,25+,26-,27+,28+,32+/m1/s1. The Morgan fingerprint density at radius 1 is 1.12 bits per heavy atom. The van der Waals surface area contributed by atoms with Crippen molar-refractivity contribution in [2.45, 2.75) is 82.7 Å². The van der Waals surface area contributed by atoms with Gasteiger partial charge in [-0.2, -0.15) is 0 Å². The molecule has 8 nitrogen and oxygen atoms in total. The summed E-state index contributed by atoms with van der Waals surface area (Å²) in [5, 5.41) is 6.28. The third-order valence-electron chi connectivity index (χ3n) is 9.28. The Morgan fingerprint density at radius 3 is 2.60 bits per heavy atom. The predicted molar refractivity (Wildman–Crippen MR) is 151 cm³/mol. The summed E-state index contributed by atoms with van der Waals surface area (Å²) in [4.78, 5) is 47.7. The molecule has 40 heavy (non-hydrogen) atoms. The number of aromatic nitrogens is 1. The Hall–Kier alpha value is -3.52. The van der Waals surface area contributed by atoms with Gasteiger partial charge in [0.1, 0.15) is 11.6 Å². The van der Waals surface area contributed by atoms with Gasteiger partial charge in [-0.3, -0.25) is 19.4 Å². The first-order valence-corrected chi connectivity index (χ1v) is 14.6. The van der Waals surface area contributed by atoms with E-state index in [9.17, 15) is 14.4 Å². The van der Waals surface area contributed by atoms with Gasteiger partial charge in [0.25, 0.3) is 0 Å². The molecule has 3 amide bonds. The van der Waals surface area contributed by atoms with Crippen LogP contribution in [0.3, 0.4) is 0 Å². The van der Waals surface area contributed by atoms with Crippen LogP contribution >= 0.6 is 0 Å². The first kappa shape index (κ1) is 26.7. The number of fused-ring (bicyclic) bond motifs is 1. The van der Waals surface area contributed by atoms with Crippen LogP contribution in [0.4, 0.5) is 5.69 Å². The molecule has 0 unspecified atom stereocenters. The fraction of sp³-hybridized carbons (Fsp3) is 0.500. The lowest BCUT2D eigenvalue weighted by molar-refractivity contribution is -0.142. The third-order valence-corrected chi connectivity index (χ3v) is 9.28. The average molecular weight is 543 g/mol. The Balaban J connectivity index is 1.30. The van der Waals surface area contributed by atoms with Crippen molar-refractivity contribution < 1.29 is 19.1 Å². The second kappa shape index (κ2) is 10.5. The summed E-state index contributed by atoms with van der Waals surface area (Å²) in [5.41, 5.74) is 1.49. The smallest absolute Gasteiger partial charge is 0.246 e. The van der Waals surface area contributed by atoms with Crippen molar-refractivity contribution in [3.05, 3.63) is 72.1 Å². The Kier molecular flexibility index (Phi) is 6.98. The molecule has 7 atom stereocenters. The van der Waals surface area contributed by atoms with E-state index in [1.165, 1.54) is 12.0 Å². The van der Waals surface area contributed by atoms with Crippen LogP contribution < -0.4 is 10.6 Å². The number of amides is 3. The van der Waals surface area contributed by atoms with Gasteiger partial charge in [0.05, 0.1) is 17.9 Å². The molecule has 4 aliphatic rings. The van der Waals surface area contributed by atoms with Crippen LogP contribution in [0.1, 0.15) is 63.5 Å². The molecule has 2 N–H and O–H groups in total. The number of hydrogen-bond donors (Lipinski definition) is 2. The maximum Gasteiger partial charge on any atom is 0.246 e. The summed E-state index contributed by atoms with van der Waals surface area (Å²) in [5.74, 6) is -1.48. The largest absolute Gasteiger partial charge is 0.359 e. The molecule has 2 aromatic rings. The van der Waals surface area contributed by atoms with Gasteiger partial charge < -0.3 is 20.3 Å². The lowest BCUT2D eigenvalue weighted by Crippen LogP contribution is -2.57. The van der Waals surface area contributed by atoms with Crippen LogP contribution in [0.5, 0.6) is 0 Å². The molecule has 210 valence electrons. The van der Waals surface area contributed by atoms with Crippen LogP contribution in [-0.2, 0) is 25.7 Å². The van der Waals surface area contributed by atoms with Crippen molar-refractivity contribution in [1.82, 2.24) is 15.2 Å². The number of nitrogens with zero attached hydrogens (tertiary/aromatic N) is 2. The minimum absolute atomic E-state index is 0.0579. The Labute approximate surface area is 235 Å². The zero-order valence-corrected chi connectivity index (χ0v) is 23.4. The van der Waals surface area contributed by atoms with E-state index in [4.69, 9.17) is 4.74 Å². The lowest BCUT2D eigenvalue weighted by Gasteiger charge is -2.36. The van der Waals surface area contributed by atoms with E-state index >= 15 is 0 Å². The summed E-state index contributed by atoms with van der Waals surface area (Å²) >= 11 is 0. The molecular formula is C32H38N4O4. The predicted octanol–water partition coefficient (Wildman–Crippen LogP) is 4.19. The van der Waals surface area contributed by atoms with E-state index in [-0.39, 0.29) is 30.3 Å². The molecule has 0 radical (unpaired) electrons. The molecule has 3 fully saturated rings. The highest BCUT2D eigenvalue weighted by molar-refractivity contribution is 6.02. The van der Waals surface area contributed by atoms with Gasteiger partial charge in [-0.15, -0.1) is 0 Å². The quantitative estimate of drug-likeness (QED) is 0.511. The minimum atomic E-state index is -1.19. The zero-order valence-electron chi connectivity index (χ0n) is 23.4. The molecule has 1 spiro atoms. The molecule has 8 heteroatoms. The van der Waals surface area contributed by atoms with Crippen LogP contribution in [-0.4, -0.2) is 51.4 Å². The van der Waals surface area contributed by atoms with Gasteiger partial charge in [0.2, 0.25) is 17.7 Å². The number of nitrogens with one attached hydrogen (secondary N) is 2. The second-order valence-electron chi connectivity index (χ2n) is 12.2. The van der Waals surface area contributed by atoms with Crippen molar-refractivity contribution in [3.63, 3.8) is 0 Å². The monoisotopic (exact) mass is 542 g/mol. The molecule has 3 aliphatic heterocycles. The summed E-state index contributed by atoms with van der Waals surface area (Å²) in [6, 6.07) is 10.7. The SMILES string of the molecule is CC(C)c1ccc(NC(=O)[C@@H]2[C@@H]3C=C[C@]4(O3)[C@@H]2C(=O)N(Cc2cccnc2)[C@H]4C(=O)N[C@H]2CCCC[C@H]2C)cc1. The third kappa shape index (κ3) is 4.52. The zero-order chi connectivity index (χ0) is 28.0. The molecule has 2 bridgehead atoms. The van der Waals surface area contributed by atoms with Crippen LogP contribution in [0.2, 0.25) is 0 Å². The number of carbonyl (C=O) groups is 3. The van der Waals surface area contributed by atoms with Gasteiger partial charge >= 0.3 is 0 Å². The molecule has 1 aromatic heterocycles. The van der Waals surface area contributed by atoms with Gasteiger partial charge in [-0.25, -0.2) is 0 Å². The molecule has 1 saturated carbocycles. The average Bonchev–Trinajstić information content (AvgIpc) is 3.58. The highest BCUT2D eigenvalue weighted by Crippen LogP contribution is 2.55. The van der Waals surface area contributed by atoms with Crippen molar-refractivity contribution in [2.75, 3.05) is 5.32 Å². The molecule has 4 heterocycles. The minimum Gasteiger partial charge on any atom is -0.359 e. The number of ether oxygens (including phenoxy) is 1. The van der Waals surface area contributed by atoms with E-state index in [1.807, 2.05) is 48.6 Å². The number of rotatable bonds is 7. The van der Waals surface area contributed by atoms with Crippen molar-refractivity contribution in [2.24, 2.45) is 17.8 Å². The molecular weight excluding hydrogens is 504 g/mol. The highest BCUT2D eigenvalue weighted by atomic mass is 16.5. The van der Waals surface area contributed by atoms with Crippen LogP contribution in [0, 0.1) is 17.8 Å². The topological polar surface area (TPSA) is 101 Å². The van der Waals surface area contributed by atoms with E-state index in [2.05, 4.69) is 36.4 Å². The summed E-state index contributed by atoms with van der Waals surface area (Å²) in [7, 11) is 0. The number of benzene rings is 1. The molecule has 1 aromatic carbocycles. The molecule has 6 rings (SSSR count). The van der Waals surface area contributed by atoms with Crippen molar-refractivity contribution >= 4 is 23.4 Å². The van der Waals surface area contributed by atoms with E-state index < -0.39 is 29.6 Å². The van der Waals surface area contributed by atoms with Gasteiger partial charge in [0.15, 0.2) is 0 Å². The number of pyridine rings is 1. The number of carbonyl (C=O) groups excluding carboxylic acids is 3. The molecule has 2 saturated heterocycles. The van der Waals surface area contributed by atoms with Crippen molar-refractivity contribution in [1.29, 1.82) is 0 Å². The first-order valence-electron chi connectivity index (χ1n) is 14.6. The normalized spacial score (nSPS) is 32.4. The lowest BCUT2D eigenvalue weighted by atomic mass is 9.74. The molecule has 1 aliphatic carbocycles. The van der Waals surface area contributed by atoms with E-state index in [0.717, 1.165) is 24.8 Å². The fourth-order valence-electron chi connectivity index (χ4n) is 7.10. The van der Waals surface area contributed by atoms with Gasteiger partial charge in [0, 0.05) is 30.7 Å². The number of likely N-dealkylation sites (tertiary alicyclic amines) is 1. The summed E-state index contributed by atoms with van der Waals surface area (Å²) < 4.78 is 6.48. The van der Waals surface area contributed by atoms with E-state index in [1.54, 1.807) is 17.3 Å². The van der Waals surface area contributed by atoms with Crippen LogP contribution in [0.25, 0.3) is 0 Å². The highest BCUT2D eigenvalue weighted by Gasteiger charge is 2.72. The Morgan fingerprint density at radius 2 is 1.90 bits per heavy atom. The maximum atomic E-state index is 14.2. The number of anilines is 1. The Bertz CT molecular complexity index is 1310.